The summed E-state index contributed by atoms with van der Waals surface area (Å²) in [6.45, 7) is 4.60. The lowest BCUT2D eigenvalue weighted by Crippen LogP contribution is -2.32. The molecule has 0 aromatic heterocycles. The van der Waals surface area contributed by atoms with Crippen LogP contribution in [0.1, 0.15) is 123 Å². The first-order valence-corrected chi connectivity index (χ1v) is 10.5. The third-order valence-electron chi connectivity index (χ3n) is 5.68. The van der Waals surface area contributed by atoms with Crippen molar-refractivity contribution in [1.82, 2.24) is 0 Å². The van der Waals surface area contributed by atoms with E-state index in [2.05, 4.69) is 13.8 Å². The summed E-state index contributed by atoms with van der Waals surface area (Å²) in [5.41, 5.74) is 6.67. The Morgan fingerprint density at radius 3 is 1.50 bits per heavy atom. The summed E-state index contributed by atoms with van der Waals surface area (Å²) in [7, 11) is 0. The van der Waals surface area contributed by atoms with Crippen molar-refractivity contribution in [2.45, 2.75) is 129 Å². The lowest BCUT2D eigenvalue weighted by molar-refractivity contribution is 0.335. The van der Waals surface area contributed by atoms with E-state index < -0.39 is 0 Å². The van der Waals surface area contributed by atoms with E-state index in [4.69, 9.17) is 5.73 Å². The third kappa shape index (κ3) is 9.18. The Hall–Kier alpha value is -0.0400. The molecule has 1 aliphatic rings. The number of unbranched alkanes of at least 4 members (excludes halogenated alkanes) is 11. The number of hydrogen-bond donors (Lipinski definition) is 1. The largest absolute Gasteiger partial charge is 0.325 e. The van der Waals surface area contributed by atoms with Gasteiger partial charge in [0.15, 0.2) is 0 Å². The highest BCUT2D eigenvalue weighted by molar-refractivity contribution is 5.03. The maximum absolute atomic E-state index is 6.42. The van der Waals surface area contributed by atoms with Gasteiger partial charge in [0.25, 0.3) is 0 Å². The van der Waals surface area contributed by atoms with Crippen molar-refractivity contribution < 1.29 is 0 Å². The quantitative estimate of drug-likeness (QED) is 0.306. The van der Waals surface area contributed by atoms with Gasteiger partial charge in [0.05, 0.1) is 0 Å². The van der Waals surface area contributed by atoms with Crippen LogP contribution in [0.15, 0.2) is 0 Å². The fourth-order valence-electron chi connectivity index (χ4n) is 3.85. The van der Waals surface area contributed by atoms with Gasteiger partial charge in [0.2, 0.25) is 0 Å². The van der Waals surface area contributed by atoms with Crippen LogP contribution in [0.4, 0.5) is 0 Å². The topological polar surface area (TPSA) is 26.0 Å². The average molecular weight is 310 g/mol. The van der Waals surface area contributed by atoms with Crippen molar-refractivity contribution in [3.05, 3.63) is 0 Å². The molecule has 2 N–H and O–H groups in total. The lowest BCUT2D eigenvalue weighted by Gasteiger charge is -2.23. The first kappa shape index (κ1) is 20.0. The number of rotatable bonds is 16. The molecule has 1 nitrogen and oxygen atoms in total. The fraction of sp³-hybridized carbons (Fsp3) is 1.00. The normalized spacial score (nSPS) is 17.6. The van der Waals surface area contributed by atoms with Crippen LogP contribution in [0.25, 0.3) is 0 Å². The molecule has 1 fully saturated rings. The summed E-state index contributed by atoms with van der Waals surface area (Å²) >= 11 is 0. The molecule has 0 bridgehead atoms. The van der Waals surface area contributed by atoms with Crippen LogP contribution in [0.3, 0.4) is 0 Å². The maximum Gasteiger partial charge on any atom is 0.0184 e. The summed E-state index contributed by atoms with van der Waals surface area (Å²) in [5, 5.41) is 0. The van der Waals surface area contributed by atoms with Crippen LogP contribution in [0.5, 0.6) is 0 Å². The van der Waals surface area contributed by atoms with Gasteiger partial charge >= 0.3 is 0 Å². The van der Waals surface area contributed by atoms with E-state index in [1.165, 1.54) is 109 Å². The molecule has 0 saturated heterocycles. The van der Waals surface area contributed by atoms with Gasteiger partial charge in [-0.1, -0.05) is 97.3 Å². The summed E-state index contributed by atoms with van der Waals surface area (Å²) in [4.78, 5) is 0. The molecule has 1 unspecified atom stereocenters. The van der Waals surface area contributed by atoms with Crippen molar-refractivity contribution in [3.8, 4) is 0 Å². The van der Waals surface area contributed by atoms with Crippen molar-refractivity contribution >= 4 is 0 Å². The minimum absolute atomic E-state index is 0.258. The van der Waals surface area contributed by atoms with Gasteiger partial charge in [0, 0.05) is 5.54 Å². The Balaban J connectivity index is 1.83. The second kappa shape index (κ2) is 12.4. The fourth-order valence-corrected chi connectivity index (χ4v) is 3.85. The molecule has 0 amide bonds. The number of hydrogen-bond acceptors (Lipinski definition) is 1. The number of nitrogens with two attached hydrogens (primary N) is 1. The second-order valence-corrected chi connectivity index (χ2v) is 7.90. The molecule has 0 aliphatic heterocycles. The van der Waals surface area contributed by atoms with Gasteiger partial charge in [-0.25, -0.2) is 0 Å². The van der Waals surface area contributed by atoms with E-state index in [-0.39, 0.29) is 5.54 Å². The van der Waals surface area contributed by atoms with Crippen molar-refractivity contribution in [2.24, 2.45) is 11.7 Å². The zero-order valence-corrected chi connectivity index (χ0v) is 15.7. The molecule has 1 heteroatoms. The molecule has 0 aromatic carbocycles. The van der Waals surface area contributed by atoms with Gasteiger partial charge in [-0.2, -0.15) is 0 Å². The summed E-state index contributed by atoms with van der Waals surface area (Å²) in [6, 6.07) is 0. The molecule has 132 valence electrons. The molecular weight excluding hydrogens is 266 g/mol. The summed E-state index contributed by atoms with van der Waals surface area (Å²) in [6.07, 6.45) is 24.0. The van der Waals surface area contributed by atoms with Crippen LogP contribution in [0.2, 0.25) is 0 Å². The van der Waals surface area contributed by atoms with E-state index in [1.54, 1.807) is 0 Å². The standard InChI is InChI=1S/C21H43N/c1-3-5-6-7-8-9-10-11-12-13-14-15-17-20(16-4-2)21(22)18-19-21/h20H,3-19,22H2,1-2H3. The Labute approximate surface area is 140 Å². The summed E-state index contributed by atoms with van der Waals surface area (Å²) < 4.78 is 0. The molecule has 1 rings (SSSR count). The van der Waals surface area contributed by atoms with E-state index in [0.29, 0.717) is 0 Å². The van der Waals surface area contributed by atoms with Crippen molar-refractivity contribution in [1.29, 1.82) is 0 Å². The summed E-state index contributed by atoms with van der Waals surface area (Å²) in [5.74, 6) is 0.820. The SMILES string of the molecule is CCCCCCCCCCCCCCC(CCC)C1(N)CC1. The second-order valence-electron chi connectivity index (χ2n) is 7.90. The van der Waals surface area contributed by atoms with Crippen LogP contribution in [-0.2, 0) is 0 Å². The lowest BCUT2D eigenvalue weighted by atomic mass is 9.87. The highest BCUT2D eigenvalue weighted by atomic mass is 14.8. The monoisotopic (exact) mass is 309 g/mol. The van der Waals surface area contributed by atoms with E-state index in [1.807, 2.05) is 0 Å². The minimum Gasteiger partial charge on any atom is -0.325 e. The predicted octanol–water partition coefficient (Wildman–Crippen LogP) is 6.99. The van der Waals surface area contributed by atoms with E-state index >= 15 is 0 Å². The maximum atomic E-state index is 6.42. The van der Waals surface area contributed by atoms with Gasteiger partial charge in [0.1, 0.15) is 0 Å². The predicted molar refractivity (Wildman–Crippen MR) is 100 cm³/mol. The van der Waals surface area contributed by atoms with Crippen LogP contribution in [-0.4, -0.2) is 5.54 Å². The van der Waals surface area contributed by atoms with Crippen molar-refractivity contribution in [2.75, 3.05) is 0 Å². The molecule has 22 heavy (non-hydrogen) atoms. The van der Waals surface area contributed by atoms with Crippen LogP contribution >= 0.6 is 0 Å². The molecular formula is C21H43N. The first-order valence-electron chi connectivity index (χ1n) is 10.5. The molecule has 1 aliphatic carbocycles. The van der Waals surface area contributed by atoms with E-state index in [9.17, 15) is 0 Å². The van der Waals surface area contributed by atoms with Crippen LogP contribution < -0.4 is 5.73 Å². The van der Waals surface area contributed by atoms with E-state index in [0.717, 1.165) is 5.92 Å². The van der Waals surface area contributed by atoms with Gasteiger partial charge < -0.3 is 5.73 Å². The average Bonchev–Trinajstić information content (AvgIpc) is 3.26. The Bertz CT molecular complexity index is 244. The zero-order valence-electron chi connectivity index (χ0n) is 15.7. The molecule has 1 atom stereocenters. The molecule has 0 radical (unpaired) electrons. The Morgan fingerprint density at radius 2 is 1.09 bits per heavy atom. The first-order chi connectivity index (χ1) is 10.7. The molecule has 1 saturated carbocycles. The van der Waals surface area contributed by atoms with Gasteiger partial charge in [-0.15, -0.1) is 0 Å². The zero-order chi connectivity index (χ0) is 16.1. The Morgan fingerprint density at radius 1 is 0.636 bits per heavy atom. The molecule has 0 aromatic rings. The molecule has 0 heterocycles. The van der Waals surface area contributed by atoms with Gasteiger partial charge in [-0.3, -0.25) is 0 Å². The van der Waals surface area contributed by atoms with Gasteiger partial charge in [-0.05, 0) is 31.6 Å². The third-order valence-corrected chi connectivity index (χ3v) is 5.68. The van der Waals surface area contributed by atoms with Crippen molar-refractivity contribution in [3.63, 3.8) is 0 Å². The smallest absolute Gasteiger partial charge is 0.0184 e. The molecule has 0 spiro atoms. The Kier molecular flexibility index (Phi) is 11.3. The highest BCUT2D eigenvalue weighted by Crippen LogP contribution is 2.44. The minimum atomic E-state index is 0.258. The van der Waals surface area contributed by atoms with Crippen LogP contribution in [0, 0.1) is 5.92 Å². The highest BCUT2D eigenvalue weighted by Gasteiger charge is 2.44.